The van der Waals surface area contributed by atoms with E-state index in [0.717, 1.165) is 54.6 Å². The van der Waals surface area contributed by atoms with Crippen molar-refractivity contribution in [3.8, 4) is 16.9 Å². The van der Waals surface area contributed by atoms with Gasteiger partial charge >= 0.3 is 0 Å². The molecule has 0 radical (unpaired) electrons. The third-order valence-corrected chi connectivity index (χ3v) is 6.91. The number of alkyl halides is 3. The van der Waals surface area contributed by atoms with E-state index in [2.05, 4.69) is 27.2 Å². The Balaban J connectivity index is 1.33. The van der Waals surface area contributed by atoms with E-state index in [0.29, 0.717) is 19.6 Å². The summed E-state index contributed by atoms with van der Waals surface area (Å²) in [5.41, 5.74) is 5.26. The lowest BCUT2D eigenvalue weighted by Crippen LogP contribution is -2.49. The molecule has 0 spiro atoms. The fourth-order valence-electron chi connectivity index (χ4n) is 5.18. The van der Waals surface area contributed by atoms with Crippen LogP contribution in [0.4, 0.5) is 13.2 Å². The molecule has 1 aromatic heterocycles. The van der Waals surface area contributed by atoms with Crippen molar-refractivity contribution in [1.82, 2.24) is 20.0 Å². The number of hydrogen-bond donors (Lipinski definition) is 1. The molecule has 186 valence electrons. The molecule has 0 saturated carbocycles. The summed E-state index contributed by atoms with van der Waals surface area (Å²) in [7, 11) is 0. The number of nitrogens with one attached hydrogen (secondary N) is 1. The summed E-state index contributed by atoms with van der Waals surface area (Å²) in [6, 6.07) is 13.8. The largest absolute Gasteiger partial charge is 0.492 e. The molecule has 35 heavy (non-hydrogen) atoms. The Hall–Kier alpha value is -2.84. The second-order valence-electron chi connectivity index (χ2n) is 9.79. The molecule has 1 saturated heterocycles. The minimum Gasteiger partial charge on any atom is -0.492 e. The number of aromatic nitrogens is 2. The normalized spacial score (nSPS) is 19.4. The van der Waals surface area contributed by atoms with E-state index in [1.54, 1.807) is 6.20 Å². The first-order chi connectivity index (χ1) is 16.9. The third-order valence-electron chi connectivity index (χ3n) is 6.91. The molecule has 0 unspecified atom stereocenters. The van der Waals surface area contributed by atoms with Crippen LogP contribution in [0.2, 0.25) is 0 Å². The number of ether oxygens (including phenoxy) is 1. The Bertz CT molecular complexity index is 1110. The number of rotatable bonds is 9. The molecule has 1 fully saturated rings. The average Bonchev–Trinajstić information content (AvgIpc) is 3.35. The van der Waals surface area contributed by atoms with Gasteiger partial charge in [0.25, 0.3) is 5.92 Å². The van der Waals surface area contributed by atoms with Crippen molar-refractivity contribution in [2.45, 2.75) is 25.3 Å². The van der Waals surface area contributed by atoms with Gasteiger partial charge in [0.05, 0.1) is 25.5 Å². The fourth-order valence-corrected chi connectivity index (χ4v) is 5.18. The number of aromatic amines is 1. The molecule has 0 bridgehead atoms. The number of H-pyrrole nitrogens is 1. The molecule has 2 aromatic carbocycles. The molecular weight excluding hydrogens is 453 g/mol. The smallest absolute Gasteiger partial charge is 0.257 e. The van der Waals surface area contributed by atoms with Gasteiger partial charge in [-0.1, -0.05) is 30.3 Å². The summed E-state index contributed by atoms with van der Waals surface area (Å²) >= 11 is 0. The number of hydrogen-bond acceptors (Lipinski definition) is 4. The molecule has 5 nitrogen and oxygen atoms in total. The second-order valence-corrected chi connectivity index (χ2v) is 9.79. The number of halogens is 3. The Morgan fingerprint density at radius 3 is 2.60 bits per heavy atom. The molecule has 1 N–H and O–H groups in total. The van der Waals surface area contributed by atoms with E-state index >= 15 is 0 Å². The predicted octanol–water partition coefficient (Wildman–Crippen LogP) is 4.96. The zero-order chi connectivity index (χ0) is 24.4. The topological polar surface area (TPSA) is 44.4 Å². The van der Waals surface area contributed by atoms with Gasteiger partial charge in [0, 0.05) is 50.8 Å². The summed E-state index contributed by atoms with van der Waals surface area (Å²) < 4.78 is 46.6. The summed E-state index contributed by atoms with van der Waals surface area (Å²) in [6.45, 7) is 3.88. The van der Waals surface area contributed by atoms with Gasteiger partial charge in [0.2, 0.25) is 0 Å². The highest BCUT2D eigenvalue weighted by molar-refractivity contribution is 5.64. The first kappa shape index (κ1) is 23.9. The van der Waals surface area contributed by atoms with Gasteiger partial charge in [-0.3, -0.25) is 19.3 Å². The van der Waals surface area contributed by atoms with E-state index in [-0.39, 0.29) is 25.2 Å². The molecular formula is C27H31F3N4O. The first-order valence-electron chi connectivity index (χ1n) is 12.1. The van der Waals surface area contributed by atoms with E-state index < -0.39 is 5.92 Å². The predicted molar refractivity (Wildman–Crippen MR) is 130 cm³/mol. The number of likely N-dealkylation sites (tertiary alicyclic amines) is 1. The second kappa shape index (κ2) is 10.0. The minimum absolute atomic E-state index is 0.168. The van der Waals surface area contributed by atoms with Gasteiger partial charge in [-0.25, -0.2) is 8.78 Å². The van der Waals surface area contributed by atoms with Crippen molar-refractivity contribution in [2.75, 3.05) is 46.0 Å². The van der Waals surface area contributed by atoms with Crippen LogP contribution in [-0.2, 0) is 6.42 Å². The Morgan fingerprint density at radius 2 is 1.91 bits per heavy atom. The molecule has 3 aromatic rings. The molecule has 0 aliphatic carbocycles. The van der Waals surface area contributed by atoms with Crippen LogP contribution in [0.25, 0.3) is 11.1 Å². The molecule has 3 heterocycles. The number of nitrogens with zero attached hydrogens (tertiary/aromatic N) is 3. The molecule has 2 aliphatic heterocycles. The third kappa shape index (κ3) is 5.54. The van der Waals surface area contributed by atoms with E-state index in [1.807, 2.05) is 41.4 Å². The van der Waals surface area contributed by atoms with E-state index in [4.69, 9.17) is 4.74 Å². The summed E-state index contributed by atoms with van der Waals surface area (Å²) in [5.74, 6) is -1.87. The van der Waals surface area contributed by atoms with Gasteiger partial charge < -0.3 is 4.74 Å². The fraction of sp³-hybridized carbons (Fsp3) is 0.444. The van der Waals surface area contributed by atoms with E-state index in [1.165, 1.54) is 5.56 Å². The molecule has 1 atom stereocenters. The SMILES string of the molecule is CC(F)(F)CN1CCc2cc(-c3cn[nH]c3)ccc2[C@H]1c1ccc(OCCN2CC(CF)C2)cc1. The average molecular weight is 485 g/mol. The Labute approximate surface area is 203 Å². The summed E-state index contributed by atoms with van der Waals surface area (Å²) in [5, 5.41) is 6.88. The van der Waals surface area contributed by atoms with Crippen molar-refractivity contribution in [3.63, 3.8) is 0 Å². The van der Waals surface area contributed by atoms with Crippen molar-refractivity contribution in [2.24, 2.45) is 5.92 Å². The Morgan fingerprint density at radius 1 is 1.11 bits per heavy atom. The number of benzene rings is 2. The lowest BCUT2D eigenvalue weighted by Gasteiger charge is -2.39. The Kier molecular flexibility index (Phi) is 6.84. The maximum absolute atomic E-state index is 14.1. The van der Waals surface area contributed by atoms with Crippen LogP contribution in [-0.4, -0.2) is 71.9 Å². The minimum atomic E-state index is -2.78. The van der Waals surface area contributed by atoms with Crippen molar-refractivity contribution >= 4 is 0 Å². The summed E-state index contributed by atoms with van der Waals surface area (Å²) in [6.07, 6.45) is 4.35. The maximum atomic E-state index is 14.1. The van der Waals surface area contributed by atoms with Crippen LogP contribution < -0.4 is 4.74 Å². The van der Waals surface area contributed by atoms with Gasteiger partial charge in [-0.05, 0) is 40.8 Å². The van der Waals surface area contributed by atoms with Crippen LogP contribution >= 0.6 is 0 Å². The van der Waals surface area contributed by atoms with Crippen LogP contribution in [0.5, 0.6) is 5.75 Å². The lowest BCUT2D eigenvalue weighted by molar-refractivity contribution is -0.0238. The molecule has 8 heteroatoms. The molecule has 2 aliphatic rings. The van der Waals surface area contributed by atoms with Crippen molar-refractivity contribution in [3.05, 3.63) is 71.5 Å². The highest BCUT2D eigenvalue weighted by Crippen LogP contribution is 2.38. The van der Waals surface area contributed by atoms with Crippen LogP contribution in [0.3, 0.4) is 0 Å². The van der Waals surface area contributed by atoms with E-state index in [9.17, 15) is 13.2 Å². The molecule has 0 amide bonds. The standard InChI is InChI=1S/C27H31F3N4O/c1-27(29,30)18-34-9-8-22-12-21(23-14-31-32-15-23)4-7-25(22)26(34)20-2-5-24(6-3-20)35-11-10-33-16-19(13-28)17-33/h2-7,12,14-15,19,26H,8-11,13,16-18H2,1H3,(H,31,32)/t26-/m1/s1. The van der Waals surface area contributed by atoms with Gasteiger partial charge in [0.1, 0.15) is 12.4 Å². The lowest BCUT2D eigenvalue weighted by atomic mass is 9.86. The zero-order valence-corrected chi connectivity index (χ0v) is 19.9. The van der Waals surface area contributed by atoms with Crippen molar-refractivity contribution in [1.29, 1.82) is 0 Å². The van der Waals surface area contributed by atoms with Crippen LogP contribution in [0.1, 0.15) is 29.7 Å². The molecule has 5 rings (SSSR count). The first-order valence-corrected chi connectivity index (χ1v) is 12.1. The highest BCUT2D eigenvalue weighted by Gasteiger charge is 2.35. The van der Waals surface area contributed by atoms with Crippen LogP contribution in [0.15, 0.2) is 54.9 Å². The summed E-state index contributed by atoms with van der Waals surface area (Å²) in [4.78, 5) is 4.05. The van der Waals surface area contributed by atoms with Crippen molar-refractivity contribution < 1.29 is 17.9 Å². The monoisotopic (exact) mass is 484 g/mol. The maximum Gasteiger partial charge on any atom is 0.257 e. The van der Waals surface area contributed by atoms with Gasteiger partial charge in [-0.2, -0.15) is 5.10 Å². The van der Waals surface area contributed by atoms with Gasteiger partial charge in [-0.15, -0.1) is 0 Å². The quantitative estimate of drug-likeness (QED) is 0.466. The van der Waals surface area contributed by atoms with Crippen LogP contribution in [0, 0.1) is 5.92 Å². The van der Waals surface area contributed by atoms with Gasteiger partial charge in [0.15, 0.2) is 0 Å². The number of fused-ring (bicyclic) bond motifs is 1. The highest BCUT2D eigenvalue weighted by atomic mass is 19.3. The zero-order valence-electron chi connectivity index (χ0n) is 19.9.